The van der Waals surface area contributed by atoms with Crippen molar-refractivity contribution >= 4 is 34.2 Å². The molecule has 0 saturated heterocycles. The number of ether oxygens (including phenoxy) is 1. The highest BCUT2D eigenvalue weighted by Gasteiger charge is 2.13. The average Bonchev–Trinajstić information content (AvgIpc) is 3.36. The van der Waals surface area contributed by atoms with Gasteiger partial charge in [-0.25, -0.2) is 4.52 Å². The van der Waals surface area contributed by atoms with E-state index in [9.17, 15) is 4.21 Å². The van der Waals surface area contributed by atoms with Crippen LogP contribution in [0.1, 0.15) is 48.8 Å². The van der Waals surface area contributed by atoms with Gasteiger partial charge in [-0.15, -0.1) is 10.2 Å². The third-order valence-corrected chi connectivity index (χ3v) is 6.78. The molecule has 0 spiro atoms. The number of aryl methyl sites for hydroxylation is 4. The molecule has 1 atom stereocenters. The number of fused-ring (bicyclic) bond motifs is 1. The molecule has 0 aliphatic rings. The van der Waals surface area contributed by atoms with Gasteiger partial charge < -0.3 is 8.92 Å². The van der Waals surface area contributed by atoms with Crippen LogP contribution < -0.4 is 13.6 Å². The molecule has 1 unspecified atom stereocenters. The number of rotatable bonds is 12. The molecule has 2 N–H and O–H groups in total. The van der Waals surface area contributed by atoms with Crippen LogP contribution in [0.15, 0.2) is 42.5 Å². The Balaban J connectivity index is 1.25. The molecule has 0 amide bonds. The predicted molar refractivity (Wildman–Crippen MR) is 140 cm³/mol. The van der Waals surface area contributed by atoms with Gasteiger partial charge in [-0.3, -0.25) is 9.82 Å². The molecule has 35 heavy (non-hydrogen) atoms. The van der Waals surface area contributed by atoms with Gasteiger partial charge in [0.2, 0.25) is 0 Å². The van der Waals surface area contributed by atoms with Crippen molar-refractivity contribution in [3.63, 3.8) is 0 Å². The molecule has 0 saturated carbocycles. The number of halogens is 1. The molecule has 2 heterocycles. The van der Waals surface area contributed by atoms with E-state index in [2.05, 4.69) is 33.0 Å². The van der Waals surface area contributed by atoms with Crippen molar-refractivity contribution in [2.45, 2.75) is 52.9 Å². The molecular weight excluding hydrogens is 486 g/mol. The number of nitrogens with zero attached hydrogens (tertiary/aromatic N) is 3. The molecule has 4 aromatic rings. The first kappa shape index (κ1) is 25.1. The molecule has 2 aromatic carbocycles. The number of H-pyrrole nitrogens is 1. The first-order chi connectivity index (χ1) is 16.9. The van der Waals surface area contributed by atoms with E-state index in [0.717, 1.165) is 54.1 Å². The minimum atomic E-state index is -1.71. The Kier molecular flexibility index (Phi) is 8.30. The number of nitrogens with one attached hydrogen (secondary N) is 2. The second kappa shape index (κ2) is 11.6. The Morgan fingerprint density at radius 2 is 1.89 bits per heavy atom. The number of unbranched alkanes of at least 4 members (excludes halogenated alkanes) is 1. The summed E-state index contributed by atoms with van der Waals surface area (Å²) in [7, 11) is 0. The zero-order chi connectivity index (χ0) is 24.8. The monoisotopic (exact) mass is 515 g/mol. The second-order valence-corrected chi connectivity index (χ2v) is 9.66. The SMILES string of the molecule is CCCCc1ccc(C)cc1OS(=O)Nc1ccc(OCCCc2nnc3c(Cl)c(C)[nH]n23)cc1. The van der Waals surface area contributed by atoms with Gasteiger partial charge in [0.15, 0.2) is 11.5 Å². The third-order valence-electron chi connectivity index (χ3n) is 5.59. The molecule has 0 aliphatic heterocycles. The largest absolute Gasteiger partial charge is 0.494 e. The van der Waals surface area contributed by atoms with Crippen LogP contribution in [0.25, 0.3) is 5.65 Å². The summed E-state index contributed by atoms with van der Waals surface area (Å²) in [6.45, 7) is 6.57. The number of anilines is 1. The molecule has 0 radical (unpaired) electrons. The Hall–Kier alpha value is -3.04. The van der Waals surface area contributed by atoms with Gasteiger partial charge >= 0.3 is 11.3 Å². The van der Waals surface area contributed by atoms with Gasteiger partial charge in [0.25, 0.3) is 0 Å². The van der Waals surface area contributed by atoms with Gasteiger partial charge in [-0.05, 0) is 74.6 Å². The number of aromatic amines is 1. The van der Waals surface area contributed by atoms with Gasteiger partial charge in [0.05, 0.1) is 12.3 Å². The van der Waals surface area contributed by atoms with E-state index in [4.69, 9.17) is 20.5 Å². The zero-order valence-electron chi connectivity index (χ0n) is 20.1. The minimum absolute atomic E-state index is 0.526. The number of hydrogen-bond donors (Lipinski definition) is 2. The highest BCUT2D eigenvalue weighted by atomic mass is 35.5. The molecule has 10 heteroatoms. The van der Waals surface area contributed by atoms with E-state index in [-0.39, 0.29) is 0 Å². The van der Waals surface area contributed by atoms with E-state index in [0.29, 0.717) is 35.1 Å². The van der Waals surface area contributed by atoms with Crippen LogP contribution in [0.5, 0.6) is 11.5 Å². The Labute approximate surface area is 212 Å². The van der Waals surface area contributed by atoms with Crippen LogP contribution in [0.3, 0.4) is 0 Å². The quantitative estimate of drug-likeness (QED) is 0.234. The first-order valence-electron chi connectivity index (χ1n) is 11.7. The number of benzene rings is 2. The topological polar surface area (TPSA) is 93.5 Å². The smallest absolute Gasteiger partial charge is 0.316 e. The molecule has 0 fully saturated rings. The lowest BCUT2D eigenvalue weighted by Gasteiger charge is -2.12. The third kappa shape index (κ3) is 6.35. The van der Waals surface area contributed by atoms with Gasteiger partial charge in [-0.1, -0.05) is 37.1 Å². The standard InChI is InChI=1S/C25H30ClN5O3S/c1-4-5-7-19-10-9-17(2)16-22(19)34-35(32)30-20-11-13-21(14-12-20)33-15-6-8-23-27-28-25-24(26)18(3)29-31(23)25/h9-14,16,29-30H,4-8,15H2,1-3H3. The summed E-state index contributed by atoms with van der Waals surface area (Å²) in [5, 5.41) is 12.1. The van der Waals surface area contributed by atoms with Crippen LogP contribution in [0, 0.1) is 13.8 Å². The van der Waals surface area contributed by atoms with Gasteiger partial charge in [0.1, 0.15) is 16.5 Å². The van der Waals surface area contributed by atoms with Crippen molar-refractivity contribution < 1.29 is 13.1 Å². The van der Waals surface area contributed by atoms with Crippen molar-refractivity contribution in [3.8, 4) is 11.5 Å². The highest BCUT2D eigenvalue weighted by Crippen LogP contribution is 2.24. The van der Waals surface area contributed by atoms with Crippen molar-refractivity contribution in [1.29, 1.82) is 0 Å². The van der Waals surface area contributed by atoms with Crippen molar-refractivity contribution in [1.82, 2.24) is 19.8 Å². The number of aromatic nitrogens is 4. The number of hydrogen-bond acceptors (Lipinski definition) is 5. The fourth-order valence-corrected chi connectivity index (χ4v) is 4.53. The fraction of sp³-hybridized carbons (Fsp3) is 0.360. The lowest BCUT2D eigenvalue weighted by Crippen LogP contribution is -2.12. The van der Waals surface area contributed by atoms with Crippen molar-refractivity contribution in [3.05, 3.63) is 70.1 Å². The summed E-state index contributed by atoms with van der Waals surface area (Å²) in [6, 6.07) is 13.3. The molecule has 8 nitrogen and oxygen atoms in total. The molecule has 2 aromatic heterocycles. The zero-order valence-corrected chi connectivity index (χ0v) is 21.7. The fourth-order valence-electron chi connectivity index (χ4n) is 3.67. The van der Waals surface area contributed by atoms with E-state index in [1.165, 1.54) is 0 Å². The van der Waals surface area contributed by atoms with E-state index >= 15 is 0 Å². The summed E-state index contributed by atoms with van der Waals surface area (Å²) < 4.78 is 28.8. The van der Waals surface area contributed by atoms with E-state index in [1.54, 1.807) is 0 Å². The average molecular weight is 516 g/mol. The Morgan fingerprint density at radius 1 is 1.09 bits per heavy atom. The Bertz CT molecular complexity index is 1300. The minimum Gasteiger partial charge on any atom is -0.494 e. The maximum Gasteiger partial charge on any atom is 0.316 e. The molecule has 186 valence electrons. The van der Waals surface area contributed by atoms with E-state index in [1.807, 2.05) is 54.8 Å². The molecule has 4 rings (SSSR count). The van der Waals surface area contributed by atoms with Gasteiger partial charge in [-0.2, -0.15) is 4.21 Å². The first-order valence-corrected chi connectivity index (χ1v) is 13.2. The maximum absolute atomic E-state index is 12.6. The van der Waals surface area contributed by atoms with Crippen molar-refractivity contribution in [2.75, 3.05) is 11.3 Å². The van der Waals surface area contributed by atoms with Crippen LogP contribution in [-0.2, 0) is 24.1 Å². The molecule has 0 bridgehead atoms. The van der Waals surface area contributed by atoms with Crippen molar-refractivity contribution in [2.24, 2.45) is 0 Å². The molecular formula is C25H30ClN5O3S. The highest BCUT2D eigenvalue weighted by molar-refractivity contribution is 7.81. The van der Waals surface area contributed by atoms with Crippen LogP contribution in [-0.4, -0.2) is 30.6 Å². The van der Waals surface area contributed by atoms with Gasteiger partial charge in [0, 0.05) is 12.1 Å². The lowest BCUT2D eigenvalue weighted by molar-refractivity contribution is 0.309. The lowest BCUT2D eigenvalue weighted by atomic mass is 10.1. The summed E-state index contributed by atoms with van der Waals surface area (Å²) in [5.74, 6) is 2.20. The summed E-state index contributed by atoms with van der Waals surface area (Å²) >= 11 is 4.49. The molecule has 0 aliphatic carbocycles. The second-order valence-electron chi connectivity index (χ2n) is 8.44. The predicted octanol–water partition coefficient (Wildman–Crippen LogP) is 5.75. The van der Waals surface area contributed by atoms with Crippen LogP contribution in [0.4, 0.5) is 5.69 Å². The van der Waals surface area contributed by atoms with Crippen LogP contribution in [0.2, 0.25) is 5.02 Å². The normalized spacial score (nSPS) is 12.1. The maximum atomic E-state index is 12.6. The summed E-state index contributed by atoms with van der Waals surface area (Å²) in [4.78, 5) is 0. The Morgan fingerprint density at radius 3 is 2.66 bits per heavy atom. The van der Waals surface area contributed by atoms with Crippen LogP contribution >= 0.6 is 11.6 Å². The summed E-state index contributed by atoms with van der Waals surface area (Å²) in [5.41, 5.74) is 4.33. The van der Waals surface area contributed by atoms with E-state index < -0.39 is 11.3 Å². The summed E-state index contributed by atoms with van der Waals surface area (Å²) in [6.07, 6.45) is 4.52.